The minimum absolute atomic E-state index is 0.213. The van der Waals surface area contributed by atoms with Gasteiger partial charge < -0.3 is 10.1 Å². The van der Waals surface area contributed by atoms with Crippen molar-refractivity contribution in [2.24, 2.45) is 0 Å². The normalized spacial score (nSPS) is 13.5. The second-order valence-corrected chi connectivity index (χ2v) is 6.80. The molecule has 2 amide bonds. The molecule has 1 aliphatic rings. The second-order valence-electron chi connectivity index (χ2n) is 5.98. The molecule has 7 nitrogen and oxygen atoms in total. The number of hydrogen-bond donors (Lipinski definition) is 1. The minimum Gasteiger partial charge on any atom is -0.447 e. The Kier molecular flexibility index (Phi) is 4.93. The van der Waals surface area contributed by atoms with Crippen LogP contribution >= 0.6 is 23.2 Å². The van der Waals surface area contributed by atoms with Crippen molar-refractivity contribution >= 4 is 46.6 Å². The van der Waals surface area contributed by atoms with E-state index in [0.29, 0.717) is 40.3 Å². The third-order valence-corrected chi connectivity index (χ3v) is 4.93. The third kappa shape index (κ3) is 3.54. The number of para-hydroxylation sites is 2. The first-order chi connectivity index (χ1) is 13.5. The molecular formula is C19H14Cl2N4O3. The van der Waals surface area contributed by atoms with Crippen LogP contribution in [0.4, 0.5) is 16.2 Å². The molecule has 2 aromatic carbocycles. The van der Waals surface area contributed by atoms with Crippen molar-refractivity contribution in [3.63, 3.8) is 0 Å². The number of rotatable bonds is 4. The fourth-order valence-corrected chi connectivity index (χ4v) is 3.12. The summed E-state index contributed by atoms with van der Waals surface area (Å²) in [5, 5.41) is 7.92. The van der Waals surface area contributed by atoms with E-state index in [-0.39, 0.29) is 5.69 Å². The highest BCUT2D eigenvalue weighted by Crippen LogP contribution is 2.28. The van der Waals surface area contributed by atoms with Gasteiger partial charge in [0.1, 0.15) is 6.61 Å². The van der Waals surface area contributed by atoms with Gasteiger partial charge in [0, 0.05) is 6.20 Å². The van der Waals surface area contributed by atoms with E-state index in [1.165, 1.54) is 9.58 Å². The SMILES string of the molecule is O=C(Nc1ccccc1N1CCOC1=O)c1ccn(-c2ccc(Cl)c(Cl)c2)n1. The zero-order valence-electron chi connectivity index (χ0n) is 14.4. The number of carbonyl (C=O) groups excluding carboxylic acids is 2. The summed E-state index contributed by atoms with van der Waals surface area (Å²) < 4.78 is 6.50. The van der Waals surface area contributed by atoms with Gasteiger partial charge in [0.15, 0.2) is 5.69 Å². The van der Waals surface area contributed by atoms with Crippen molar-refractivity contribution in [2.45, 2.75) is 0 Å². The van der Waals surface area contributed by atoms with Crippen molar-refractivity contribution in [3.8, 4) is 5.69 Å². The summed E-state index contributed by atoms with van der Waals surface area (Å²) in [4.78, 5) is 26.0. The highest BCUT2D eigenvalue weighted by Gasteiger charge is 2.26. The number of cyclic esters (lactones) is 1. The van der Waals surface area contributed by atoms with Crippen LogP contribution in [0.1, 0.15) is 10.5 Å². The number of benzene rings is 2. The van der Waals surface area contributed by atoms with E-state index in [0.717, 1.165) is 0 Å². The first-order valence-electron chi connectivity index (χ1n) is 8.39. The predicted octanol–water partition coefficient (Wildman–Crippen LogP) is 4.39. The lowest BCUT2D eigenvalue weighted by atomic mass is 10.2. The molecule has 1 saturated heterocycles. The zero-order chi connectivity index (χ0) is 19.7. The number of amides is 2. The largest absolute Gasteiger partial charge is 0.447 e. The number of carbonyl (C=O) groups is 2. The van der Waals surface area contributed by atoms with E-state index in [1.807, 2.05) is 0 Å². The Labute approximate surface area is 170 Å². The smallest absolute Gasteiger partial charge is 0.414 e. The lowest BCUT2D eigenvalue weighted by Crippen LogP contribution is -2.25. The van der Waals surface area contributed by atoms with Gasteiger partial charge in [-0.15, -0.1) is 0 Å². The number of aromatic nitrogens is 2. The van der Waals surface area contributed by atoms with Crippen molar-refractivity contribution in [1.29, 1.82) is 0 Å². The van der Waals surface area contributed by atoms with Gasteiger partial charge in [0.25, 0.3) is 5.91 Å². The Balaban J connectivity index is 1.56. The molecule has 28 heavy (non-hydrogen) atoms. The van der Waals surface area contributed by atoms with E-state index < -0.39 is 12.0 Å². The molecule has 0 radical (unpaired) electrons. The molecular weight excluding hydrogens is 403 g/mol. The van der Waals surface area contributed by atoms with Crippen molar-refractivity contribution in [1.82, 2.24) is 9.78 Å². The fourth-order valence-electron chi connectivity index (χ4n) is 2.83. The Bertz CT molecular complexity index is 1070. The minimum atomic E-state index is -0.439. The quantitative estimate of drug-likeness (QED) is 0.683. The fraction of sp³-hybridized carbons (Fsp3) is 0.105. The first-order valence-corrected chi connectivity index (χ1v) is 9.14. The Morgan fingerprint density at radius 2 is 1.93 bits per heavy atom. The summed E-state index contributed by atoms with van der Waals surface area (Å²) in [6.07, 6.45) is 1.21. The van der Waals surface area contributed by atoms with Crippen LogP contribution in [0.3, 0.4) is 0 Å². The number of ether oxygens (including phenoxy) is 1. The maximum absolute atomic E-state index is 12.7. The van der Waals surface area contributed by atoms with Crippen LogP contribution in [0.15, 0.2) is 54.7 Å². The molecule has 2 heterocycles. The van der Waals surface area contributed by atoms with Crippen LogP contribution < -0.4 is 10.2 Å². The lowest BCUT2D eigenvalue weighted by Gasteiger charge is -2.17. The van der Waals surface area contributed by atoms with E-state index in [1.54, 1.807) is 54.7 Å². The molecule has 1 N–H and O–H groups in total. The number of hydrogen-bond acceptors (Lipinski definition) is 4. The highest BCUT2D eigenvalue weighted by atomic mass is 35.5. The molecule has 0 atom stereocenters. The van der Waals surface area contributed by atoms with Crippen LogP contribution in [-0.4, -0.2) is 34.9 Å². The van der Waals surface area contributed by atoms with Gasteiger partial charge in [-0.3, -0.25) is 9.69 Å². The molecule has 0 saturated carbocycles. The van der Waals surface area contributed by atoms with Gasteiger partial charge in [-0.2, -0.15) is 5.10 Å². The van der Waals surface area contributed by atoms with Crippen molar-refractivity contribution < 1.29 is 14.3 Å². The maximum atomic E-state index is 12.7. The molecule has 142 valence electrons. The molecule has 1 aliphatic heterocycles. The topological polar surface area (TPSA) is 76.5 Å². The van der Waals surface area contributed by atoms with Crippen LogP contribution in [0.2, 0.25) is 10.0 Å². The van der Waals surface area contributed by atoms with Gasteiger partial charge >= 0.3 is 6.09 Å². The zero-order valence-corrected chi connectivity index (χ0v) is 15.9. The predicted molar refractivity (Wildman–Crippen MR) is 107 cm³/mol. The molecule has 0 spiro atoms. The van der Waals surface area contributed by atoms with Crippen molar-refractivity contribution in [3.05, 3.63) is 70.5 Å². The first kappa shape index (κ1) is 18.3. The number of nitrogens with one attached hydrogen (secondary N) is 1. The number of halogens is 2. The second kappa shape index (κ2) is 7.53. The van der Waals surface area contributed by atoms with Gasteiger partial charge in [-0.25, -0.2) is 9.48 Å². The number of nitrogens with zero attached hydrogens (tertiary/aromatic N) is 3. The van der Waals surface area contributed by atoms with Gasteiger partial charge in [0.2, 0.25) is 0 Å². The average molecular weight is 417 g/mol. The molecule has 0 aliphatic carbocycles. The van der Waals surface area contributed by atoms with Crippen LogP contribution in [-0.2, 0) is 4.74 Å². The van der Waals surface area contributed by atoms with Gasteiger partial charge in [-0.05, 0) is 36.4 Å². The highest BCUT2D eigenvalue weighted by molar-refractivity contribution is 6.42. The summed E-state index contributed by atoms with van der Waals surface area (Å²) in [7, 11) is 0. The average Bonchev–Trinajstić information content (AvgIpc) is 3.34. The Morgan fingerprint density at radius 3 is 2.68 bits per heavy atom. The van der Waals surface area contributed by atoms with E-state index in [2.05, 4.69) is 10.4 Å². The molecule has 1 fully saturated rings. The van der Waals surface area contributed by atoms with Crippen LogP contribution in [0.5, 0.6) is 0 Å². The lowest BCUT2D eigenvalue weighted by molar-refractivity contribution is 0.102. The standard InChI is InChI=1S/C19H14Cl2N4O3/c20-13-6-5-12(11-14(13)21)25-8-7-16(23-25)18(26)22-15-3-1-2-4-17(15)24-9-10-28-19(24)27/h1-8,11H,9-10H2,(H,22,26). The molecule has 4 rings (SSSR count). The summed E-state index contributed by atoms with van der Waals surface area (Å²) in [5.41, 5.74) is 1.95. The third-order valence-electron chi connectivity index (χ3n) is 4.19. The summed E-state index contributed by atoms with van der Waals surface area (Å²) in [5.74, 6) is -0.404. The van der Waals surface area contributed by atoms with Crippen LogP contribution in [0.25, 0.3) is 5.69 Å². The summed E-state index contributed by atoms with van der Waals surface area (Å²) in [6.45, 7) is 0.743. The molecule has 3 aromatic rings. The molecule has 0 unspecified atom stereocenters. The van der Waals surface area contributed by atoms with E-state index >= 15 is 0 Å². The van der Waals surface area contributed by atoms with E-state index in [9.17, 15) is 9.59 Å². The summed E-state index contributed by atoms with van der Waals surface area (Å²) >= 11 is 12.0. The van der Waals surface area contributed by atoms with Gasteiger partial charge in [0.05, 0.1) is 33.7 Å². The maximum Gasteiger partial charge on any atom is 0.414 e. The Hall–Kier alpha value is -3.03. The van der Waals surface area contributed by atoms with Crippen molar-refractivity contribution in [2.75, 3.05) is 23.4 Å². The molecule has 1 aromatic heterocycles. The van der Waals surface area contributed by atoms with E-state index in [4.69, 9.17) is 27.9 Å². The monoisotopic (exact) mass is 416 g/mol. The number of anilines is 2. The Morgan fingerprint density at radius 1 is 1.11 bits per heavy atom. The van der Waals surface area contributed by atoms with Gasteiger partial charge in [-0.1, -0.05) is 35.3 Å². The molecule has 0 bridgehead atoms. The summed E-state index contributed by atoms with van der Waals surface area (Å²) in [6, 6.07) is 13.7. The van der Waals surface area contributed by atoms with Crippen LogP contribution in [0, 0.1) is 0 Å². The molecule has 9 heteroatoms.